The van der Waals surface area contributed by atoms with Crippen LogP contribution < -0.4 is 15.6 Å². The molecule has 0 aliphatic heterocycles. The lowest BCUT2D eigenvalue weighted by molar-refractivity contribution is 0.266. The van der Waals surface area contributed by atoms with Crippen molar-refractivity contribution in [2.24, 2.45) is 0 Å². The summed E-state index contributed by atoms with van der Waals surface area (Å²) in [7, 11) is 1.55. The third kappa shape index (κ3) is 3.71. The molecule has 7 nitrogen and oxygen atoms in total. The first-order valence-corrected chi connectivity index (χ1v) is 6.62. The van der Waals surface area contributed by atoms with Gasteiger partial charge in [0.15, 0.2) is 0 Å². The SMILES string of the molecule is COc1ccc(CNc2cnn(CCO)c(=O)c2Cl)cn1. The van der Waals surface area contributed by atoms with Crippen LogP contribution in [-0.4, -0.2) is 33.6 Å². The Bertz CT molecular complexity index is 657. The van der Waals surface area contributed by atoms with Gasteiger partial charge in [-0.2, -0.15) is 5.10 Å². The number of anilines is 1. The molecule has 0 aliphatic rings. The van der Waals surface area contributed by atoms with Gasteiger partial charge in [0.1, 0.15) is 5.02 Å². The van der Waals surface area contributed by atoms with Crippen molar-refractivity contribution in [1.29, 1.82) is 0 Å². The van der Waals surface area contributed by atoms with Crippen molar-refractivity contribution in [3.8, 4) is 5.88 Å². The summed E-state index contributed by atoms with van der Waals surface area (Å²) < 4.78 is 6.09. The summed E-state index contributed by atoms with van der Waals surface area (Å²) in [6, 6.07) is 3.60. The number of nitrogens with zero attached hydrogens (tertiary/aromatic N) is 3. The highest BCUT2D eigenvalue weighted by Gasteiger charge is 2.08. The smallest absolute Gasteiger partial charge is 0.287 e. The van der Waals surface area contributed by atoms with Crippen LogP contribution in [-0.2, 0) is 13.1 Å². The molecule has 0 spiro atoms. The first-order chi connectivity index (χ1) is 10.2. The predicted octanol–water partition coefficient (Wildman–Crippen LogP) is 0.905. The van der Waals surface area contributed by atoms with E-state index in [4.69, 9.17) is 21.4 Å². The second kappa shape index (κ2) is 7.05. The van der Waals surface area contributed by atoms with Crippen molar-refractivity contribution in [2.75, 3.05) is 19.0 Å². The molecule has 2 heterocycles. The number of rotatable bonds is 6. The number of hydrogen-bond donors (Lipinski definition) is 2. The Morgan fingerprint density at radius 1 is 1.43 bits per heavy atom. The monoisotopic (exact) mass is 310 g/mol. The molecule has 21 heavy (non-hydrogen) atoms. The molecule has 0 atom stereocenters. The summed E-state index contributed by atoms with van der Waals surface area (Å²) in [5, 5.41) is 15.8. The highest BCUT2D eigenvalue weighted by molar-refractivity contribution is 6.32. The van der Waals surface area contributed by atoms with Gasteiger partial charge < -0.3 is 15.2 Å². The second-order valence-corrected chi connectivity index (χ2v) is 4.56. The summed E-state index contributed by atoms with van der Waals surface area (Å²) in [5.41, 5.74) is 0.904. The van der Waals surface area contributed by atoms with Gasteiger partial charge >= 0.3 is 0 Å². The van der Waals surface area contributed by atoms with E-state index in [2.05, 4.69) is 15.4 Å². The van der Waals surface area contributed by atoms with Crippen molar-refractivity contribution < 1.29 is 9.84 Å². The van der Waals surface area contributed by atoms with E-state index in [1.54, 1.807) is 19.4 Å². The minimum atomic E-state index is -0.441. The van der Waals surface area contributed by atoms with Gasteiger partial charge in [0.05, 0.1) is 32.1 Å². The van der Waals surface area contributed by atoms with Gasteiger partial charge in [0.2, 0.25) is 5.88 Å². The van der Waals surface area contributed by atoms with Gasteiger partial charge in [0.25, 0.3) is 5.56 Å². The second-order valence-electron chi connectivity index (χ2n) is 4.19. The number of halogens is 1. The summed E-state index contributed by atoms with van der Waals surface area (Å²) in [4.78, 5) is 15.9. The molecule has 0 saturated heterocycles. The standard InChI is InChI=1S/C13H15ClN4O3/c1-21-11-3-2-9(7-16-11)6-15-10-8-17-18(4-5-19)13(20)12(10)14/h2-3,7-8,15,19H,4-6H2,1H3. The first kappa shape index (κ1) is 15.3. The first-order valence-electron chi connectivity index (χ1n) is 6.25. The number of pyridine rings is 1. The van der Waals surface area contributed by atoms with Crippen LogP contribution in [0, 0.1) is 0 Å². The molecule has 2 aromatic rings. The fourth-order valence-corrected chi connectivity index (χ4v) is 1.89. The Labute approximate surface area is 126 Å². The third-order valence-corrected chi connectivity index (χ3v) is 3.15. The Hall–Kier alpha value is -2.12. The lowest BCUT2D eigenvalue weighted by Crippen LogP contribution is -2.25. The average Bonchev–Trinajstić information content (AvgIpc) is 2.52. The van der Waals surface area contributed by atoms with E-state index >= 15 is 0 Å². The summed E-state index contributed by atoms with van der Waals surface area (Å²) in [5.74, 6) is 0.532. The molecule has 0 saturated carbocycles. The van der Waals surface area contributed by atoms with Crippen molar-refractivity contribution in [1.82, 2.24) is 14.8 Å². The van der Waals surface area contributed by atoms with Gasteiger partial charge in [0, 0.05) is 18.8 Å². The maximum Gasteiger partial charge on any atom is 0.287 e. The van der Waals surface area contributed by atoms with Gasteiger partial charge in [-0.05, 0) is 5.56 Å². The van der Waals surface area contributed by atoms with E-state index in [9.17, 15) is 4.79 Å². The predicted molar refractivity (Wildman–Crippen MR) is 78.7 cm³/mol. The highest BCUT2D eigenvalue weighted by atomic mass is 35.5. The minimum Gasteiger partial charge on any atom is -0.481 e. The lowest BCUT2D eigenvalue weighted by Gasteiger charge is -2.09. The lowest BCUT2D eigenvalue weighted by atomic mass is 10.3. The Balaban J connectivity index is 2.09. The third-order valence-electron chi connectivity index (χ3n) is 2.79. The zero-order valence-electron chi connectivity index (χ0n) is 11.4. The molecular weight excluding hydrogens is 296 g/mol. The minimum absolute atomic E-state index is 0.0416. The van der Waals surface area contributed by atoms with E-state index in [-0.39, 0.29) is 18.2 Å². The van der Waals surface area contributed by atoms with Crippen LogP contribution in [0.15, 0.2) is 29.3 Å². The van der Waals surface area contributed by atoms with Crippen LogP contribution in [0.5, 0.6) is 5.88 Å². The fourth-order valence-electron chi connectivity index (χ4n) is 1.68. The molecule has 2 aromatic heterocycles. The van der Waals surface area contributed by atoms with Gasteiger partial charge in [-0.15, -0.1) is 0 Å². The highest BCUT2D eigenvalue weighted by Crippen LogP contribution is 2.16. The Morgan fingerprint density at radius 3 is 2.86 bits per heavy atom. The van der Waals surface area contributed by atoms with Crippen molar-refractivity contribution in [3.63, 3.8) is 0 Å². The van der Waals surface area contributed by atoms with Crippen LogP contribution in [0.25, 0.3) is 0 Å². The summed E-state index contributed by atoms with van der Waals surface area (Å²) >= 11 is 5.99. The van der Waals surface area contributed by atoms with E-state index in [0.717, 1.165) is 10.2 Å². The van der Waals surface area contributed by atoms with Crippen molar-refractivity contribution >= 4 is 17.3 Å². The maximum atomic E-state index is 11.9. The number of aliphatic hydroxyl groups excluding tert-OH is 1. The Kier molecular flexibility index (Phi) is 5.13. The molecule has 0 bridgehead atoms. The van der Waals surface area contributed by atoms with Gasteiger partial charge in [-0.25, -0.2) is 9.67 Å². The molecule has 8 heteroatoms. The summed E-state index contributed by atoms with van der Waals surface area (Å²) in [6.45, 7) is 0.386. The van der Waals surface area contributed by atoms with Crippen molar-refractivity contribution in [3.05, 3.63) is 45.5 Å². The molecule has 112 valence electrons. The molecule has 0 radical (unpaired) electrons. The van der Waals surface area contributed by atoms with E-state index in [1.165, 1.54) is 6.20 Å². The fraction of sp³-hybridized carbons (Fsp3) is 0.308. The normalized spacial score (nSPS) is 10.4. The number of aliphatic hydroxyl groups is 1. The number of ether oxygens (including phenoxy) is 1. The molecule has 2 rings (SSSR count). The molecular formula is C13H15ClN4O3. The van der Waals surface area contributed by atoms with Crippen molar-refractivity contribution in [2.45, 2.75) is 13.1 Å². The number of aromatic nitrogens is 3. The molecule has 0 amide bonds. The van der Waals surface area contributed by atoms with Gasteiger partial charge in [-0.3, -0.25) is 4.79 Å². The van der Waals surface area contributed by atoms with Crippen LogP contribution in [0.1, 0.15) is 5.56 Å². The van der Waals surface area contributed by atoms with E-state index < -0.39 is 5.56 Å². The van der Waals surface area contributed by atoms with E-state index in [1.807, 2.05) is 6.07 Å². The van der Waals surface area contributed by atoms with Crippen LogP contribution in [0.4, 0.5) is 5.69 Å². The topological polar surface area (TPSA) is 89.3 Å². The molecule has 0 aromatic carbocycles. The molecule has 0 fully saturated rings. The number of methoxy groups -OCH3 is 1. The molecule has 0 aliphatic carbocycles. The van der Waals surface area contributed by atoms with E-state index in [0.29, 0.717) is 18.1 Å². The maximum absolute atomic E-state index is 11.9. The largest absolute Gasteiger partial charge is 0.481 e. The van der Waals surface area contributed by atoms with Crippen LogP contribution in [0.2, 0.25) is 5.02 Å². The molecule has 2 N–H and O–H groups in total. The quantitative estimate of drug-likeness (QED) is 0.824. The average molecular weight is 311 g/mol. The number of nitrogens with one attached hydrogen (secondary N) is 1. The zero-order chi connectivity index (χ0) is 15.2. The van der Waals surface area contributed by atoms with Gasteiger partial charge in [-0.1, -0.05) is 17.7 Å². The Morgan fingerprint density at radius 2 is 2.24 bits per heavy atom. The summed E-state index contributed by atoms with van der Waals surface area (Å²) in [6.07, 6.45) is 3.12. The van der Waals surface area contributed by atoms with Crippen LogP contribution >= 0.6 is 11.6 Å². The van der Waals surface area contributed by atoms with Crippen LogP contribution in [0.3, 0.4) is 0 Å². The zero-order valence-corrected chi connectivity index (χ0v) is 12.2. The molecule has 0 unspecified atom stereocenters. The number of hydrogen-bond acceptors (Lipinski definition) is 6.